The van der Waals surface area contributed by atoms with Crippen molar-refractivity contribution in [3.63, 3.8) is 0 Å². The third-order valence-corrected chi connectivity index (χ3v) is 4.46. The van der Waals surface area contributed by atoms with Crippen LogP contribution in [0.3, 0.4) is 0 Å². The molecule has 1 amide bonds. The summed E-state index contributed by atoms with van der Waals surface area (Å²) in [6.45, 7) is 2.67. The van der Waals surface area contributed by atoms with E-state index in [1.165, 1.54) is 24.3 Å². The highest BCUT2D eigenvalue weighted by atomic mass is 32.2. The van der Waals surface area contributed by atoms with Crippen LogP contribution in [0.25, 0.3) is 0 Å². The summed E-state index contributed by atoms with van der Waals surface area (Å²) in [5.74, 6) is 0.295. The zero-order chi connectivity index (χ0) is 15.5. The van der Waals surface area contributed by atoms with Gasteiger partial charge in [-0.1, -0.05) is 0 Å². The standard InChI is InChI=1S/C14H20N2O4S/c1-2-20-12-7-10(8-12)9-14(17)16-11-3-5-13(6-4-11)21(15,18)19/h3-6,10,12H,2,7-9H2,1H3,(H,16,17)(H2,15,18,19). The zero-order valence-electron chi connectivity index (χ0n) is 11.9. The molecule has 0 aromatic heterocycles. The van der Waals surface area contributed by atoms with Gasteiger partial charge in [0.05, 0.1) is 11.0 Å². The number of nitrogens with two attached hydrogens (primary N) is 1. The Labute approximate surface area is 124 Å². The molecule has 3 N–H and O–H groups in total. The van der Waals surface area contributed by atoms with Crippen molar-refractivity contribution in [2.45, 2.75) is 37.2 Å². The summed E-state index contributed by atoms with van der Waals surface area (Å²) in [6, 6.07) is 5.81. The van der Waals surface area contributed by atoms with E-state index in [2.05, 4.69) is 5.32 Å². The molecule has 2 rings (SSSR count). The number of primary sulfonamides is 1. The Morgan fingerprint density at radius 3 is 2.48 bits per heavy atom. The Morgan fingerprint density at radius 1 is 1.33 bits per heavy atom. The highest BCUT2D eigenvalue weighted by Gasteiger charge is 2.30. The van der Waals surface area contributed by atoms with Gasteiger partial charge in [-0.3, -0.25) is 4.79 Å². The third-order valence-electron chi connectivity index (χ3n) is 3.54. The topological polar surface area (TPSA) is 98.5 Å². The summed E-state index contributed by atoms with van der Waals surface area (Å²) >= 11 is 0. The summed E-state index contributed by atoms with van der Waals surface area (Å²) in [5, 5.41) is 7.76. The summed E-state index contributed by atoms with van der Waals surface area (Å²) in [6.07, 6.45) is 2.60. The van der Waals surface area contributed by atoms with Gasteiger partial charge in [-0.05, 0) is 49.9 Å². The highest BCUT2D eigenvalue weighted by Crippen LogP contribution is 2.32. The smallest absolute Gasteiger partial charge is 0.238 e. The van der Waals surface area contributed by atoms with E-state index in [1.807, 2.05) is 6.92 Å². The Morgan fingerprint density at radius 2 is 1.95 bits per heavy atom. The quantitative estimate of drug-likeness (QED) is 0.831. The first-order valence-corrected chi connectivity index (χ1v) is 8.47. The molecule has 21 heavy (non-hydrogen) atoms. The van der Waals surface area contributed by atoms with E-state index < -0.39 is 10.0 Å². The minimum Gasteiger partial charge on any atom is -0.378 e. The second-order valence-corrected chi connectivity index (χ2v) is 6.80. The second-order valence-electron chi connectivity index (χ2n) is 5.24. The van der Waals surface area contributed by atoms with Gasteiger partial charge in [0.1, 0.15) is 0 Å². The molecule has 0 bridgehead atoms. The molecular formula is C14H20N2O4S. The van der Waals surface area contributed by atoms with E-state index in [-0.39, 0.29) is 10.8 Å². The Kier molecular flexibility index (Phi) is 4.97. The lowest BCUT2D eigenvalue weighted by Crippen LogP contribution is -2.33. The van der Waals surface area contributed by atoms with Gasteiger partial charge in [-0.2, -0.15) is 0 Å². The first kappa shape index (κ1) is 15.9. The first-order chi connectivity index (χ1) is 9.88. The van der Waals surface area contributed by atoms with E-state index in [0.717, 1.165) is 12.8 Å². The van der Waals surface area contributed by atoms with E-state index >= 15 is 0 Å². The van der Waals surface area contributed by atoms with Crippen LogP contribution in [0.2, 0.25) is 0 Å². The molecule has 1 aliphatic carbocycles. The lowest BCUT2D eigenvalue weighted by atomic mass is 9.80. The number of sulfonamides is 1. The molecule has 0 unspecified atom stereocenters. The average molecular weight is 312 g/mol. The summed E-state index contributed by atoms with van der Waals surface area (Å²) in [7, 11) is -3.70. The van der Waals surface area contributed by atoms with Crippen LogP contribution in [0.5, 0.6) is 0 Å². The molecule has 0 atom stereocenters. The van der Waals surface area contributed by atoms with Crippen molar-refractivity contribution in [3.05, 3.63) is 24.3 Å². The lowest BCUT2D eigenvalue weighted by molar-refractivity contribution is -0.119. The molecule has 1 aliphatic rings. The molecule has 1 saturated carbocycles. The fourth-order valence-corrected chi connectivity index (χ4v) is 2.93. The molecule has 0 aliphatic heterocycles. The molecule has 1 fully saturated rings. The maximum Gasteiger partial charge on any atom is 0.238 e. The molecule has 1 aromatic rings. The van der Waals surface area contributed by atoms with Crippen molar-refractivity contribution < 1.29 is 17.9 Å². The number of carbonyl (C=O) groups is 1. The van der Waals surface area contributed by atoms with E-state index in [9.17, 15) is 13.2 Å². The van der Waals surface area contributed by atoms with Crippen molar-refractivity contribution in [2.75, 3.05) is 11.9 Å². The predicted molar refractivity (Wildman–Crippen MR) is 79.2 cm³/mol. The zero-order valence-corrected chi connectivity index (χ0v) is 12.7. The van der Waals surface area contributed by atoms with Gasteiger partial charge in [0.2, 0.25) is 15.9 Å². The first-order valence-electron chi connectivity index (χ1n) is 6.92. The fraction of sp³-hybridized carbons (Fsp3) is 0.500. The van der Waals surface area contributed by atoms with Crippen LogP contribution in [0, 0.1) is 5.92 Å². The van der Waals surface area contributed by atoms with Crippen LogP contribution in [0.4, 0.5) is 5.69 Å². The van der Waals surface area contributed by atoms with Crippen LogP contribution < -0.4 is 10.5 Å². The van der Waals surface area contributed by atoms with Gasteiger partial charge in [0.25, 0.3) is 0 Å². The largest absolute Gasteiger partial charge is 0.378 e. The number of rotatable bonds is 6. The minimum atomic E-state index is -3.70. The highest BCUT2D eigenvalue weighted by molar-refractivity contribution is 7.89. The minimum absolute atomic E-state index is 0.0269. The van der Waals surface area contributed by atoms with Crippen LogP contribution in [-0.2, 0) is 19.6 Å². The van der Waals surface area contributed by atoms with Gasteiger partial charge >= 0.3 is 0 Å². The van der Waals surface area contributed by atoms with Gasteiger partial charge in [0, 0.05) is 18.7 Å². The molecule has 0 radical (unpaired) electrons. The summed E-state index contributed by atoms with van der Waals surface area (Å²) in [5.41, 5.74) is 0.563. The van der Waals surface area contributed by atoms with Crippen LogP contribution in [0.15, 0.2) is 29.2 Å². The van der Waals surface area contributed by atoms with Crippen molar-refractivity contribution in [1.29, 1.82) is 0 Å². The molecule has 0 heterocycles. The number of carbonyl (C=O) groups excluding carboxylic acids is 1. The number of anilines is 1. The Balaban J connectivity index is 1.81. The average Bonchev–Trinajstić information content (AvgIpc) is 2.36. The number of amides is 1. The number of nitrogens with one attached hydrogen (secondary N) is 1. The van der Waals surface area contributed by atoms with E-state index in [4.69, 9.17) is 9.88 Å². The summed E-state index contributed by atoms with van der Waals surface area (Å²) in [4.78, 5) is 11.9. The fourth-order valence-electron chi connectivity index (χ4n) is 2.42. The van der Waals surface area contributed by atoms with Crippen LogP contribution >= 0.6 is 0 Å². The SMILES string of the molecule is CCOC1CC(CC(=O)Nc2ccc(S(N)(=O)=O)cc2)C1. The second kappa shape index (κ2) is 6.55. The number of hydrogen-bond donors (Lipinski definition) is 2. The Bertz CT molecular complexity index is 592. The third kappa shape index (κ3) is 4.52. The van der Waals surface area contributed by atoms with Gasteiger partial charge in [-0.15, -0.1) is 0 Å². The lowest BCUT2D eigenvalue weighted by Gasteiger charge is -2.34. The summed E-state index contributed by atoms with van der Waals surface area (Å²) < 4.78 is 27.7. The van der Waals surface area contributed by atoms with Crippen molar-refractivity contribution >= 4 is 21.6 Å². The maximum atomic E-state index is 11.9. The van der Waals surface area contributed by atoms with Gasteiger partial charge in [0.15, 0.2) is 0 Å². The van der Waals surface area contributed by atoms with Crippen molar-refractivity contribution in [2.24, 2.45) is 11.1 Å². The van der Waals surface area contributed by atoms with Crippen molar-refractivity contribution in [3.8, 4) is 0 Å². The van der Waals surface area contributed by atoms with E-state index in [1.54, 1.807) is 0 Å². The van der Waals surface area contributed by atoms with E-state index in [0.29, 0.717) is 30.7 Å². The molecule has 6 nitrogen and oxygen atoms in total. The number of benzene rings is 1. The number of hydrogen-bond acceptors (Lipinski definition) is 4. The Hall–Kier alpha value is -1.44. The molecule has 0 saturated heterocycles. The number of ether oxygens (including phenoxy) is 1. The van der Waals surface area contributed by atoms with Gasteiger partial charge in [-0.25, -0.2) is 13.6 Å². The molecule has 0 spiro atoms. The molecular weight excluding hydrogens is 292 g/mol. The molecule has 116 valence electrons. The maximum absolute atomic E-state index is 11.9. The van der Waals surface area contributed by atoms with Crippen LogP contribution in [-0.4, -0.2) is 27.0 Å². The molecule has 7 heteroatoms. The molecule has 1 aromatic carbocycles. The predicted octanol–water partition coefficient (Wildman–Crippen LogP) is 1.48. The van der Waals surface area contributed by atoms with Crippen molar-refractivity contribution in [1.82, 2.24) is 0 Å². The van der Waals surface area contributed by atoms with Crippen LogP contribution in [0.1, 0.15) is 26.2 Å². The monoisotopic (exact) mass is 312 g/mol. The van der Waals surface area contributed by atoms with Gasteiger partial charge < -0.3 is 10.1 Å². The normalized spacial score (nSPS) is 21.6.